The molecule has 3 N–H and O–H groups in total. The van der Waals surface area contributed by atoms with Gasteiger partial charge in [-0.05, 0) is 6.07 Å². The standard InChI is InChI=1S/C18H22FN7O3S/c1-24-7-13(5-21-24)11-3-16-17(14(18(20)27)6-22-26(16)9-11)23-15-10-25(30(2,28)29)8-12(15)4-19/h3,5-7,9,12,15,23H,4,8,10H2,1-2H3,(H2,20,27)/t12-,15+/m0/s1. The highest BCUT2D eigenvalue weighted by atomic mass is 32.2. The van der Waals surface area contributed by atoms with Crippen molar-refractivity contribution in [3.63, 3.8) is 0 Å². The van der Waals surface area contributed by atoms with E-state index in [1.54, 1.807) is 28.6 Å². The molecule has 0 aliphatic carbocycles. The number of hydrogen-bond donors (Lipinski definition) is 2. The van der Waals surface area contributed by atoms with Gasteiger partial charge in [0.2, 0.25) is 10.0 Å². The van der Waals surface area contributed by atoms with Crippen molar-refractivity contribution in [1.29, 1.82) is 0 Å². The Balaban J connectivity index is 1.77. The number of aromatic nitrogens is 4. The van der Waals surface area contributed by atoms with Crippen LogP contribution in [0.25, 0.3) is 16.6 Å². The number of alkyl halides is 1. The molecule has 1 aliphatic rings. The van der Waals surface area contributed by atoms with E-state index < -0.39 is 34.6 Å². The van der Waals surface area contributed by atoms with E-state index in [1.165, 1.54) is 10.5 Å². The average molecular weight is 435 g/mol. The molecule has 2 atom stereocenters. The van der Waals surface area contributed by atoms with Gasteiger partial charge in [0.05, 0.1) is 42.1 Å². The number of primary amides is 1. The first-order valence-electron chi connectivity index (χ1n) is 9.25. The van der Waals surface area contributed by atoms with Crippen LogP contribution in [0.3, 0.4) is 0 Å². The van der Waals surface area contributed by atoms with Crippen LogP contribution in [-0.4, -0.2) is 70.1 Å². The first-order valence-corrected chi connectivity index (χ1v) is 11.1. The predicted octanol–water partition coefficient (Wildman–Crippen LogP) is 0.475. The van der Waals surface area contributed by atoms with E-state index in [0.717, 1.165) is 17.4 Å². The van der Waals surface area contributed by atoms with Crippen molar-refractivity contribution in [2.24, 2.45) is 18.7 Å². The zero-order chi connectivity index (χ0) is 21.6. The molecule has 1 saturated heterocycles. The van der Waals surface area contributed by atoms with Crippen LogP contribution in [0.2, 0.25) is 0 Å². The molecule has 0 bridgehead atoms. The Kier molecular flexibility index (Phi) is 4.98. The molecule has 1 amide bonds. The first-order chi connectivity index (χ1) is 14.2. The van der Waals surface area contributed by atoms with Gasteiger partial charge >= 0.3 is 0 Å². The van der Waals surface area contributed by atoms with Gasteiger partial charge < -0.3 is 11.1 Å². The van der Waals surface area contributed by atoms with Crippen LogP contribution in [0.4, 0.5) is 10.1 Å². The SMILES string of the molecule is Cn1cc(-c2cc3c(N[C@@H]4CN(S(C)(=O)=O)C[C@@H]4CF)c(C(N)=O)cnn3c2)cn1. The van der Waals surface area contributed by atoms with Crippen molar-refractivity contribution < 1.29 is 17.6 Å². The maximum Gasteiger partial charge on any atom is 0.252 e. The number of nitrogens with two attached hydrogens (primary N) is 1. The van der Waals surface area contributed by atoms with Crippen molar-refractivity contribution in [1.82, 2.24) is 23.7 Å². The third kappa shape index (κ3) is 3.63. The molecule has 0 spiro atoms. The van der Waals surface area contributed by atoms with Gasteiger partial charge in [0.15, 0.2) is 0 Å². The van der Waals surface area contributed by atoms with Crippen molar-refractivity contribution in [3.8, 4) is 11.1 Å². The minimum Gasteiger partial charge on any atom is -0.378 e. The summed E-state index contributed by atoms with van der Waals surface area (Å²) in [5, 5.41) is 11.6. The monoisotopic (exact) mass is 435 g/mol. The Morgan fingerprint density at radius 1 is 1.27 bits per heavy atom. The second kappa shape index (κ2) is 7.36. The molecular weight excluding hydrogens is 413 g/mol. The quantitative estimate of drug-likeness (QED) is 0.580. The molecule has 12 heteroatoms. The molecule has 10 nitrogen and oxygen atoms in total. The number of rotatable bonds is 6. The fraction of sp³-hybridized carbons (Fsp3) is 0.389. The van der Waals surface area contributed by atoms with Gasteiger partial charge in [-0.25, -0.2) is 12.9 Å². The third-order valence-electron chi connectivity index (χ3n) is 5.35. The normalized spacial score (nSPS) is 20.1. The summed E-state index contributed by atoms with van der Waals surface area (Å²) < 4.78 is 42.0. The Morgan fingerprint density at radius 3 is 2.63 bits per heavy atom. The van der Waals surface area contributed by atoms with Crippen LogP contribution < -0.4 is 11.1 Å². The first kappa shape index (κ1) is 20.3. The highest BCUT2D eigenvalue weighted by molar-refractivity contribution is 7.88. The van der Waals surface area contributed by atoms with Gasteiger partial charge in [-0.3, -0.25) is 13.9 Å². The lowest BCUT2D eigenvalue weighted by atomic mass is 10.0. The van der Waals surface area contributed by atoms with Crippen molar-refractivity contribution in [2.45, 2.75) is 6.04 Å². The molecule has 1 aliphatic heterocycles. The van der Waals surface area contributed by atoms with E-state index in [0.29, 0.717) is 11.2 Å². The second-order valence-electron chi connectivity index (χ2n) is 7.50. The molecule has 0 aromatic carbocycles. The van der Waals surface area contributed by atoms with Gasteiger partial charge in [0.25, 0.3) is 5.91 Å². The minimum absolute atomic E-state index is 0.0716. The second-order valence-corrected chi connectivity index (χ2v) is 9.49. The summed E-state index contributed by atoms with van der Waals surface area (Å²) in [5.41, 5.74) is 8.34. The van der Waals surface area contributed by atoms with E-state index in [9.17, 15) is 17.6 Å². The van der Waals surface area contributed by atoms with Crippen LogP contribution in [0.15, 0.2) is 30.9 Å². The van der Waals surface area contributed by atoms with Gasteiger partial charge in [0, 0.05) is 55.6 Å². The fourth-order valence-corrected chi connectivity index (χ4v) is 4.62. The zero-order valence-electron chi connectivity index (χ0n) is 16.5. The summed E-state index contributed by atoms with van der Waals surface area (Å²) in [6, 6.07) is 1.30. The molecular formula is C18H22FN7O3S. The maximum atomic E-state index is 13.6. The lowest BCUT2D eigenvalue weighted by molar-refractivity contribution is 0.100. The van der Waals surface area contributed by atoms with E-state index in [2.05, 4.69) is 15.5 Å². The fourth-order valence-electron chi connectivity index (χ4n) is 3.73. The van der Waals surface area contributed by atoms with Crippen LogP contribution in [0.5, 0.6) is 0 Å². The van der Waals surface area contributed by atoms with Gasteiger partial charge in [-0.1, -0.05) is 0 Å². The Morgan fingerprint density at radius 2 is 2.03 bits per heavy atom. The average Bonchev–Trinajstić information content (AvgIpc) is 3.38. The molecule has 4 heterocycles. The van der Waals surface area contributed by atoms with E-state index in [-0.39, 0.29) is 18.7 Å². The van der Waals surface area contributed by atoms with Crippen LogP contribution in [-0.2, 0) is 17.1 Å². The van der Waals surface area contributed by atoms with Gasteiger partial charge in [0.1, 0.15) is 0 Å². The van der Waals surface area contributed by atoms with Crippen LogP contribution in [0, 0.1) is 5.92 Å². The number of fused-ring (bicyclic) bond motifs is 1. The highest BCUT2D eigenvalue weighted by Crippen LogP contribution is 2.31. The summed E-state index contributed by atoms with van der Waals surface area (Å²) in [5.74, 6) is -1.24. The number of carbonyl (C=O) groups is 1. The summed E-state index contributed by atoms with van der Waals surface area (Å²) in [6.45, 7) is -0.530. The Bertz CT molecular complexity index is 1220. The summed E-state index contributed by atoms with van der Waals surface area (Å²) in [7, 11) is -1.66. The number of sulfonamides is 1. The number of aryl methyl sites for hydroxylation is 1. The molecule has 4 rings (SSSR count). The topological polar surface area (TPSA) is 128 Å². The number of anilines is 1. The Hall–Kier alpha value is -2.99. The molecule has 3 aromatic heterocycles. The molecule has 1 fully saturated rings. The zero-order valence-corrected chi connectivity index (χ0v) is 17.3. The summed E-state index contributed by atoms with van der Waals surface area (Å²) in [6.07, 6.45) is 7.77. The highest BCUT2D eigenvalue weighted by Gasteiger charge is 2.37. The third-order valence-corrected chi connectivity index (χ3v) is 6.58. The molecule has 0 unspecified atom stereocenters. The van der Waals surface area contributed by atoms with Gasteiger partial charge in [-0.2, -0.15) is 14.5 Å². The van der Waals surface area contributed by atoms with Gasteiger partial charge in [-0.15, -0.1) is 0 Å². The van der Waals surface area contributed by atoms with Crippen molar-refractivity contribution in [3.05, 3.63) is 36.4 Å². The predicted molar refractivity (Wildman–Crippen MR) is 109 cm³/mol. The lowest BCUT2D eigenvalue weighted by Crippen LogP contribution is -2.32. The molecule has 0 saturated carbocycles. The summed E-state index contributed by atoms with van der Waals surface area (Å²) >= 11 is 0. The lowest BCUT2D eigenvalue weighted by Gasteiger charge is -2.21. The number of nitrogens with one attached hydrogen (secondary N) is 1. The van der Waals surface area contributed by atoms with Crippen molar-refractivity contribution in [2.75, 3.05) is 31.3 Å². The van der Waals surface area contributed by atoms with E-state index in [1.807, 2.05) is 12.3 Å². The molecule has 0 radical (unpaired) electrons. The number of hydrogen-bond acceptors (Lipinski definition) is 6. The van der Waals surface area contributed by atoms with Crippen molar-refractivity contribution >= 4 is 27.1 Å². The number of halogens is 1. The van der Waals surface area contributed by atoms with Crippen LogP contribution in [0.1, 0.15) is 10.4 Å². The number of carbonyl (C=O) groups excluding carboxylic acids is 1. The number of amides is 1. The molecule has 3 aromatic rings. The van der Waals surface area contributed by atoms with E-state index in [4.69, 9.17) is 5.73 Å². The largest absolute Gasteiger partial charge is 0.378 e. The minimum atomic E-state index is -3.46. The van der Waals surface area contributed by atoms with Crippen LogP contribution >= 0.6 is 0 Å². The summed E-state index contributed by atoms with van der Waals surface area (Å²) in [4.78, 5) is 12.0. The molecule has 160 valence electrons. The maximum absolute atomic E-state index is 13.6. The molecule has 30 heavy (non-hydrogen) atoms. The Labute approximate surface area is 172 Å². The number of nitrogens with zero attached hydrogens (tertiary/aromatic N) is 5. The van der Waals surface area contributed by atoms with E-state index >= 15 is 0 Å². The smallest absolute Gasteiger partial charge is 0.252 e.